The quantitative estimate of drug-likeness (QED) is 0.613. The molecule has 0 bridgehead atoms. The topological polar surface area (TPSA) is 12.0 Å². The molecule has 2 rings (SSSR count). The summed E-state index contributed by atoms with van der Waals surface area (Å²) >= 11 is 0. The number of hydrogen-bond acceptors (Lipinski definition) is 1. The molecule has 0 amide bonds. The lowest BCUT2D eigenvalue weighted by atomic mass is 9.99. The summed E-state index contributed by atoms with van der Waals surface area (Å²) in [7, 11) is 0. The zero-order valence-corrected chi connectivity index (χ0v) is 7.52. The fraction of sp³-hybridized carbons (Fsp3) is 0.273. The van der Waals surface area contributed by atoms with Gasteiger partial charge in [-0.15, -0.1) is 0 Å². The van der Waals surface area contributed by atoms with Crippen LogP contribution in [-0.4, -0.2) is 0 Å². The Labute approximate surface area is 73.1 Å². The van der Waals surface area contributed by atoms with Crippen LogP contribution in [0, 0.1) is 6.92 Å². The molecule has 0 aromatic heterocycles. The van der Waals surface area contributed by atoms with Crippen LogP contribution in [0.4, 0.5) is 5.69 Å². The fourth-order valence-corrected chi connectivity index (χ4v) is 1.63. The van der Waals surface area contributed by atoms with E-state index in [4.69, 9.17) is 0 Å². The van der Waals surface area contributed by atoms with Gasteiger partial charge in [0.05, 0.1) is 0 Å². The molecule has 1 aliphatic rings. The number of anilines is 1. The van der Waals surface area contributed by atoms with Crippen LogP contribution >= 0.6 is 0 Å². The van der Waals surface area contributed by atoms with Crippen molar-refractivity contribution in [3.05, 3.63) is 41.1 Å². The minimum Gasteiger partial charge on any atom is -0.361 e. The molecule has 62 valence electrons. The molecule has 1 aromatic rings. The van der Waals surface area contributed by atoms with E-state index in [1.165, 1.54) is 22.4 Å². The van der Waals surface area contributed by atoms with E-state index in [-0.39, 0.29) is 0 Å². The Hall–Kier alpha value is -1.24. The lowest BCUT2D eigenvalue weighted by Gasteiger charge is -2.17. The van der Waals surface area contributed by atoms with E-state index < -0.39 is 0 Å². The first-order valence-electron chi connectivity index (χ1n) is 4.28. The maximum atomic E-state index is 3.32. The first-order valence-corrected chi connectivity index (χ1v) is 4.28. The third-order valence-electron chi connectivity index (χ3n) is 2.29. The lowest BCUT2D eigenvalue weighted by molar-refractivity contribution is 1.10. The number of rotatable bonds is 0. The Kier molecular flexibility index (Phi) is 1.65. The highest BCUT2D eigenvalue weighted by molar-refractivity contribution is 5.62. The Bertz CT molecular complexity index is 337. The Morgan fingerprint density at radius 1 is 1.25 bits per heavy atom. The van der Waals surface area contributed by atoms with Gasteiger partial charge in [-0.2, -0.15) is 0 Å². The number of para-hydroxylation sites is 1. The summed E-state index contributed by atoms with van der Waals surface area (Å²) in [6.07, 6.45) is 3.18. The zero-order chi connectivity index (χ0) is 8.55. The van der Waals surface area contributed by atoms with Crippen LogP contribution < -0.4 is 5.32 Å². The van der Waals surface area contributed by atoms with Crippen LogP contribution in [0.1, 0.15) is 18.1 Å². The highest BCUT2D eigenvalue weighted by Crippen LogP contribution is 2.26. The summed E-state index contributed by atoms with van der Waals surface area (Å²) in [5, 5.41) is 3.32. The molecule has 0 saturated carbocycles. The molecule has 0 aliphatic carbocycles. The third-order valence-corrected chi connectivity index (χ3v) is 2.29. The van der Waals surface area contributed by atoms with Crippen molar-refractivity contribution in [2.24, 2.45) is 0 Å². The van der Waals surface area contributed by atoms with Crippen molar-refractivity contribution in [3.8, 4) is 0 Å². The van der Waals surface area contributed by atoms with Crippen LogP contribution in [0.25, 0.3) is 0 Å². The van der Waals surface area contributed by atoms with E-state index in [1.54, 1.807) is 0 Å². The van der Waals surface area contributed by atoms with Gasteiger partial charge in [-0.3, -0.25) is 0 Å². The summed E-state index contributed by atoms with van der Waals surface area (Å²) in [5.74, 6) is 0. The smallest absolute Gasteiger partial charge is 0.0445 e. The van der Waals surface area contributed by atoms with Gasteiger partial charge in [-0.05, 0) is 31.4 Å². The Morgan fingerprint density at radius 2 is 2.08 bits per heavy atom. The maximum absolute atomic E-state index is 3.32. The molecule has 0 saturated heterocycles. The summed E-state index contributed by atoms with van der Waals surface area (Å²) in [4.78, 5) is 0. The number of hydrogen-bond donors (Lipinski definition) is 1. The van der Waals surface area contributed by atoms with Gasteiger partial charge in [0.25, 0.3) is 0 Å². The molecule has 0 spiro atoms. The Balaban J connectivity index is 2.49. The van der Waals surface area contributed by atoms with Gasteiger partial charge in [0.15, 0.2) is 0 Å². The van der Waals surface area contributed by atoms with E-state index in [9.17, 15) is 0 Å². The molecule has 0 radical (unpaired) electrons. The van der Waals surface area contributed by atoms with E-state index in [0.29, 0.717) is 0 Å². The first kappa shape index (κ1) is 7.41. The number of aryl methyl sites for hydroxylation is 1. The second-order valence-corrected chi connectivity index (χ2v) is 3.42. The van der Waals surface area contributed by atoms with Crippen molar-refractivity contribution in [2.45, 2.75) is 20.3 Å². The monoisotopic (exact) mass is 159 g/mol. The fourth-order valence-electron chi connectivity index (χ4n) is 1.63. The van der Waals surface area contributed by atoms with Crippen molar-refractivity contribution < 1.29 is 0 Å². The lowest BCUT2D eigenvalue weighted by Crippen LogP contribution is -2.04. The van der Waals surface area contributed by atoms with Gasteiger partial charge in [0.1, 0.15) is 0 Å². The van der Waals surface area contributed by atoms with Crippen molar-refractivity contribution in [1.82, 2.24) is 0 Å². The summed E-state index contributed by atoms with van der Waals surface area (Å²) < 4.78 is 0. The zero-order valence-electron chi connectivity index (χ0n) is 7.52. The molecule has 1 N–H and O–H groups in total. The van der Waals surface area contributed by atoms with Crippen LogP contribution in [0.2, 0.25) is 0 Å². The SMILES string of the molecule is CC1=CNc2c(C)cccc2C1. The molecule has 1 aromatic carbocycles. The number of fused-ring (bicyclic) bond motifs is 1. The number of allylic oxidation sites excluding steroid dienone is 1. The molecular weight excluding hydrogens is 146 g/mol. The van der Waals surface area contributed by atoms with Crippen LogP contribution in [0.5, 0.6) is 0 Å². The predicted octanol–water partition coefficient (Wildman–Crippen LogP) is 2.87. The van der Waals surface area contributed by atoms with Crippen LogP contribution in [-0.2, 0) is 6.42 Å². The minimum atomic E-state index is 1.09. The van der Waals surface area contributed by atoms with Gasteiger partial charge in [-0.1, -0.05) is 23.8 Å². The normalized spacial score (nSPS) is 14.7. The molecule has 0 atom stereocenters. The molecule has 1 nitrogen and oxygen atoms in total. The van der Waals surface area contributed by atoms with E-state index >= 15 is 0 Å². The highest BCUT2D eigenvalue weighted by Gasteiger charge is 2.08. The first-order chi connectivity index (χ1) is 5.77. The summed E-state index contributed by atoms with van der Waals surface area (Å²) in [5.41, 5.74) is 5.43. The van der Waals surface area contributed by atoms with Gasteiger partial charge in [-0.25, -0.2) is 0 Å². The molecular formula is C11H13N. The molecule has 1 heteroatoms. The summed E-state index contributed by atoms with van der Waals surface area (Å²) in [6.45, 7) is 4.29. The van der Waals surface area contributed by atoms with Crippen molar-refractivity contribution >= 4 is 5.69 Å². The van der Waals surface area contributed by atoms with Gasteiger partial charge < -0.3 is 5.32 Å². The van der Waals surface area contributed by atoms with E-state index in [0.717, 1.165) is 6.42 Å². The van der Waals surface area contributed by atoms with Gasteiger partial charge in [0.2, 0.25) is 0 Å². The minimum absolute atomic E-state index is 1.09. The van der Waals surface area contributed by atoms with Gasteiger partial charge in [0, 0.05) is 11.9 Å². The molecule has 1 heterocycles. The second-order valence-electron chi connectivity index (χ2n) is 3.42. The standard InChI is InChI=1S/C11H13N/c1-8-6-10-5-3-4-9(2)11(10)12-7-8/h3-5,7,12H,6H2,1-2H3. The number of benzene rings is 1. The average molecular weight is 159 g/mol. The van der Waals surface area contributed by atoms with Gasteiger partial charge >= 0.3 is 0 Å². The molecule has 12 heavy (non-hydrogen) atoms. The highest BCUT2D eigenvalue weighted by atomic mass is 14.9. The Morgan fingerprint density at radius 3 is 2.92 bits per heavy atom. The van der Waals surface area contributed by atoms with Crippen LogP contribution in [0.15, 0.2) is 30.0 Å². The molecule has 0 fully saturated rings. The van der Waals surface area contributed by atoms with Crippen molar-refractivity contribution in [3.63, 3.8) is 0 Å². The van der Waals surface area contributed by atoms with Crippen molar-refractivity contribution in [2.75, 3.05) is 5.32 Å². The van der Waals surface area contributed by atoms with Crippen molar-refractivity contribution in [1.29, 1.82) is 0 Å². The largest absolute Gasteiger partial charge is 0.361 e. The third kappa shape index (κ3) is 1.11. The average Bonchev–Trinajstić information content (AvgIpc) is 2.04. The number of nitrogens with one attached hydrogen (secondary N) is 1. The predicted molar refractivity (Wildman–Crippen MR) is 52.3 cm³/mol. The summed E-state index contributed by atoms with van der Waals surface area (Å²) in [6, 6.07) is 6.45. The second kappa shape index (κ2) is 2.67. The molecule has 0 unspecified atom stereocenters. The van der Waals surface area contributed by atoms with Crippen LogP contribution in [0.3, 0.4) is 0 Å². The van der Waals surface area contributed by atoms with E-state index in [1.807, 2.05) is 0 Å². The molecule has 1 aliphatic heterocycles. The maximum Gasteiger partial charge on any atom is 0.0445 e. The van der Waals surface area contributed by atoms with E-state index in [2.05, 4.69) is 43.6 Å².